The van der Waals surface area contributed by atoms with Crippen molar-refractivity contribution in [3.8, 4) is 0 Å². The lowest BCUT2D eigenvalue weighted by molar-refractivity contribution is 0.0529. The van der Waals surface area contributed by atoms with Crippen LogP contribution in [0.3, 0.4) is 0 Å². The predicted molar refractivity (Wildman–Crippen MR) is 84.3 cm³/mol. The molecule has 0 radical (unpaired) electrons. The van der Waals surface area contributed by atoms with E-state index in [1.165, 1.54) is 6.08 Å². The van der Waals surface area contributed by atoms with Gasteiger partial charge in [-0.15, -0.1) is 0 Å². The third-order valence-electron chi connectivity index (χ3n) is 2.66. The summed E-state index contributed by atoms with van der Waals surface area (Å²) in [4.78, 5) is 11.4. The largest absolute Gasteiger partial charge is 0.444 e. The zero-order valence-corrected chi connectivity index (χ0v) is 13.6. The number of rotatable bonds is 6. The zero-order valence-electron chi connectivity index (χ0n) is 13.6. The molecule has 0 saturated heterocycles. The first kappa shape index (κ1) is 18.2. The molecule has 0 atom stereocenters. The topological polar surface area (TPSA) is 47.6 Å². The van der Waals surface area contributed by atoms with Crippen LogP contribution >= 0.6 is 0 Å². The van der Waals surface area contributed by atoms with Crippen LogP contribution < -0.4 is 5.32 Å². The van der Waals surface area contributed by atoms with Gasteiger partial charge in [0.2, 0.25) is 0 Å². The summed E-state index contributed by atoms with van der Waals surface area (Å²) in [6, 6.07) is 7.75. The van der Waals surface area contributed by atoms with Gasteiger partial charge < -0.3 is 14.8 Å². The molecule has 0 aliphatic rings. The molecule has 22 heavy (non-hydrogen) atoms. The summed E-state index contributed by atoms with van der Waals surface area (Å²) in [5.41, 5.74) is 1.44. The lowest BCUT2D eigenvalue weighted by atomic mass is 10.1. The molecule has 1 aromatic carbocycles. The molecule has 1 N–H and O–H groups in total. The Hall–Kier alpha value is -1.88. The van der Waals surface area contributed by atoms with Gasteiger partial charge in [-0.2, -0.15) is 0 Å². The van der Waals surface area contributed by atoms with Crippen LogP contribution in [0.1, 0.15) is 31.9 Å². The van der Waals surface area contributed by atoms with Crippen molar-refractivity contribution in [2.45, 2.75) is 39.4 Å². The van der Waals surface area contributed by atoms with Gasteiger partial charge >= 0.3 is 6.09 Å². The SMILES string of the molecule is COCc1cccc(C/C=C(\F)CNC(=O)OC(C)(C)C)c1. The number of halogens is 1. The Bertz CT molecular complexity index is 521. The molecule has 0 fully saturated rings. The molecule has 1 amide bonds. The zero-order chi connectivity index (χ0) is 16.6. The van der Waals surface area contributed by atoms with E-state index in [1.807, 2.05) is 24.3 Å². The van der Waals surface area contributed by atoms with Crippen LogP contribution in [0.25, 0.3) is 0 Å². The third kappa shape index (κ3) is 7.78. The first-order valence-corrected chi connectivity index (χ1v) is 7.18. The molecule has 0 heterocycles. The highest BCUT2D eigenvalue weighted by Crippen LogP contribution is 2.10. The molecular formula is C17H24FNO3. The van der Waals surface area contributed by atoms with E-state index < -0.39 is 17.5 Å². The highest BCUT2D eigenvalue weighted by molar-refractivity contribution is 5.67. The Balaban J connectivity index is 2.45. The van der Waals surface area contributed by atoms with Gasteiger partial charge in [0.1, 0.15) is 11.4 Å². The van der Waals surface area contributed by atoms with Crippen LogP contribution in [-0.2, 0) is 22.5 Å². The fourth-order valence-corrected chi connectivity index (χ4v) is 1.78. The van der Waals surface area contributed by atoms with Gasteiger partial charge in [-0.25, -0.2) is 9.18 Å². The lowest BCUT2D eigenvalue weighted by Crippen LogP contribution is -2.33. The van der Waals surface area contributed by atoms with Crippen LogP contribution in [0.2, 0.25) is 0 Å². The molecular weight excluding hydrogens is 285 g/mol. The molecule has 5 heteroatoms. The molecule has 122 valence electrons. The lowest BCUT2D eigenvalue weighted by Gasteiger charge is -2.19. The Kier molecular flexibility index (Phi) is 7.05. The first-order valence-electron chi connectivity index (χ1n) is 7.18. The van der Waals surface area contributed by atoms with Crippen LogP contribution in [0.4, 0.5) is 9.18 Å². The second kappa shape index (κ2) is 8.54. The van der Waals surface area contributed by atoms with Crippen molar-refractivity contribution in [1.82, 2.24) is 5.32 Å². The third-order valence-corrected chi connectivity index (χ3v) is 2.66. The number of amides is 1. The highest BCUT2D eigenvalue weighted by atomic mass is 19.1. The van der Waals surface area contributed by atoms with E-state index in [0.29, 0.717) is 13.0 Å². The number of hydrogen-bond donors (Lipinski definition) is 1. The van der Waals surface area contributed by atoms with Crippen molar-refractivity contribution in [1.29, 1.82) is 0 Å². The number of benzene rings is 1. The molecule has 4 nitrogen and oxygen atoms in total. The maximum atomic E-state index is 13.7. The highest BCUT2D eigenvalue weighted by Gasteiger charge is 2.15. The number of allylic oxidation sites excluding steroid dienone is 1. The van der Waals surface area contributed by atoms with Gasteiger partial charge in [0.05, 0.1) is 13.2 Å². The van der Waals surface area contributed by atoms with Crippen molar-refractivity contribution >= 4 is 6.09 Å². The van der Waals surface area contributed by atoms with E-state index in [0.717, 1.165) is 11.1 Å². The summed E-state index contributed by atoms with van der Waals surface area (Å²) in [6.45, 7) is 5.62. The number of ether oxygens (including phenoxy) is 2. The van der Waals surface area contributed by atoms with Crippen LogP contribution in [0.5, 0.6) is 0 Å². The number of alkyl carbamates (subject to hydrolysis) is 1. The summed E-state index contributed by atoms with van der Waals surface area (Å²) in [7, 11) is 1.63. The van der Waals surface area contributed by atoms with Crippen molar-refractivity contribution in [3.63, 3.8) is 0 Å². The monoisotopic (exact) mass is 309 g/mol. The minimum absolute atomic E-state index is 0.174. The van der Waals surface area contributed by atoms with E-state index in [9.17, 15) is 9.18 Å². The molecule has 0 saturated carbocycles. The summed E-state index contributed by atoms with van der Waals surface area (Å²) in [5, 5.41) is 2.38. The molecule has 0 aromatic heterocycles. The first-order chi connectivity index (χ1) is 10.3. The smallest absolute Gasteiger partial charge is 0.408 e. The maximum absolute atomic E-state index is 13.7. The minimum atomic E-state index is -0.627. The Morgan fingerprint density at radius 2 is 2.00 bits per heavy atom. The standard InChI is InChI=1S/C17H24FNO3/c1-17(2,3)22-16(20)19-11-15(18)9-8-13-6-5-7-14(10-13)12-21-4/h5-7,9-10H,8,11-12H2,1-4H3,(H,19,20)/b15-9-. The van der Waals surface area contributed by atoms with E-state index in [2.05, 4.69) is 5.32 Å². The molecule has 1 aromatic rings. The Morgan fingerprint density at radius 3 is 2.64 bits per heavy atom. The second-order valence-corrected chi connectivity index (χ2v) is 5.96. The number of nitrogens with one attached hydrogen (secondary N) is 1. The van der Waals surface area contributed by atoms with E-state index >= 15 is 0 Å². The molecule has 0 unspecified atom stereocenters. The van der Waals surface area contributed by atoms with Crippen molar-refractivity contribution in [3.05, 3.63) is 47.3 Å². The van der Waals surface area contributed by atoms with Gasteiger partial charge in [0.25, 0.3) is 0 Å². The van der Waals surface area contributed by atoms with Crippen molar-refractivity contribution < 1.29 is 18.7 Å². The van der Waals surface area contributed by atoms with Crippen LogP contribution in [-0.4, -0.2) is 25.3 Å². The minimum Gasteiger partial charge on any atom is -0.444 e. The Labute approximate surface area is 131 Å². The fourth-order valence-electron chi connectivity index (χ4n) is 1.78. The van der Waals surface area contributed by atoms with Gasteiger partial charge in [0, 0.05) is 7.11 Å². The van der Waals surface area contributed by atoms with Crippen LogP contribution in [0, 0.1) is 0 Å². The molecule has 0 aliphatic heterocycles. The molecule has 0 spiro atoms. The molecule has 0 bridgehead atoms. The summed E-state index contributed by atoms with van der Waals surface area (Å²) in [6.07, 6.45) is 1.28. The van der Waals surface area contributed by atoms with E-state index in [-0.39, 0.29) is 6.54 Å². The second-order valence-electron chi connectivity index (χ2n) is 5.96. The van der Waals surface area contributed by atoms with E-state index in [1.54, 1.807) is 27.9 Å². The van der Waals surface area contributed by atoms with Crippen molar-refractivity contribution in [2.75, 3.05) is 13.7 Å². The van der Waals surface area contributed by atoms with Gasteiger partial charge in [0.15, 0.2) is 0 Å². The number of hydrogen-bond acceptors (Lipinski definition) is 3. The quantitative estimate of drug-likeness (QED) is 0.870. The van der Waals surface area contributed by atoms with Gasteiger partial charge in [-0.1, -0.05) is 24.3 Å². The molecule has 1 rings (SSSR count). The average Bonchev–Trinajstić information content (AvgIpc) is 2.42. The number of methoxy groups -OCH3 is 1. The average molecular weight is 309 g/mol. The van der Waals surface area contributed by atoms with Gasteiger partial charge in [-0.3, -0.25) is 0 Å². The number of carbonyl (C=O) groups excluding carboxylic acids is 1. The predicted octanol–water partition coefficient (Wildman–Crippen LogP) is 3.75. The van der Waals surface area contributed by atoms with E-state index in [4.69, 9.17) is 9.47 Å². The van der Waals surface area contributed by atoms with Crippen LogP contribution in [0.15, 0.2) is 36.2 Å². The fraction of sp³-hybridized carbons (Fsp3) is 0.471. The number of carbonyl (C=O) groups is 1. The molecule has 0 aliphatic carbocycles. The Morgan fingerprint density at radius 1 is 1.32 bits per heavy atom. The van der Waals surface area contributed by atoms with Gasteiger partial charge in [-0.05, 0) is 44.4 Å². The summed E-state index contributed by atoms with van der Waals surface area (Å²) in [5.74, 6) is -0.400. The summed E-state index contributed by atoms with van der Waals surface area (Å²) >= 11 is 0. The summed E-state index contributed by atoms with van der Waals surface area (Å²) < 4.78 is 23.8. The normalized spacial score (nSPS) is 12.1. The maximum Gasteiger partial charge on any atom is 0.408 e. The van der Waals surface area contributed by atoms with Crippen molar-refractivity contribution in [2.24, 2.45) is 0 Å².